The summed E-state index contributed by atoms with van der Waals surface area (Å²) in [6.45, 7) is 3.86. The maximum atomic E-state index is 12.8. The Bertz CT molecular complexity index is 1430. The van der Waals surface area contributed by atoms with Crippen LogP contribution in [0.2, 0.25) is 0 Å². The quantitative estimate of drug-likeness (QED) is 0.273. The largest absolute Gasteiger partial charge is 0.378 e. The van der Waals surface area contributed by atoms with Crippen molar-refractivity contribution in [2.45, 2.75) is 18.7 Å². The van der Waals surface area contributed by atoms with E-state index in [1.165, 1.54) is 53.2 Å². The second-order valence-corrected chi connectivity index (χ2v) is 9.92. The van der Waals surface area contributed by atoms with E-state index in [4.69, 9.17) is 9.59 Å². The first-order chi connectivity index (χ1) is 16.1. The van der Waals surface area contributed by atoms with Gasteiger partial charge in [-0.05, 0) is 30.0 Å². The summed E-state index contributed by atoms with van der Waals surface area (Å²) in [5.41, 5.74) is -0.580. The van der Waals surface area contributed by atoms with E-state index in [0.717, 1.165) is 12.1 Å². The predicted octanol–water partition coefficient (Wildman–Crippen LogP) is 3.64. The number of nitrogens with zero attached hydrogens (tertiary/aromatic N) is 4. The van der Waals surface area contributed by atoms with Crippen molar-refractivity contribution in [1.29, 1.82) is 5.41 Å². The number of nitro benzene ring substituents is 1. The number of carbonyl (C=O) groups is 1. The Morgan fingerprint density at radius 2 is 1.85 bits per heavy atom. The van der Waals surface area contributed by atoms with E-state index in [-0.39, 0.29) is 33.8 Å². The number of hydrogen-bond donors (Lipinski definition) is 1. The van der Waals surface area contributed by atoms with Crippen LogP contribution in [0.5, 0.6) is 5.75 Å². The second kappa shape index (κ2) is 8.83. The summed E-state index contributed by atoms with van der Waals surface area (Å²) in [4.78, 5) is 26.5. The van der Waals surface area contributed by atoms with Crippen molar-refractivity contribution < 1.29 is 22.3 Å². The molecular weight excluding hydrogens is 482 g/mol. The fraction of sp³-hybridized carbons (Fsp3) is 0.143. The molecule has 174 valence electrons. The number of fused-ring (bicyclic) bond motifs is 1. The number of amides is 1. The minimum absolute atomic E-state index is 0.0787. The zero-order chi connectivity index (χ0) is 24.6. The summed E-state index contributed by atoms with van der Waals surface area (Å²) in [5, 5.41) is 26.3. The summed E-state index contributed by atoms with van der Waals surface area (Å²) in [6.07, 6.45) is 1.28. The Morgan fingerprint density at radius 3 is 2.56 bits per heavy atom. The number of aliphatic imine (C=N–C) groups is 1. The molecule has 1 N–H and O–H groups in total. The third-order valence-corrected chi connectivity index (χ3v) is 7.21. The van der Waals surface area contributed by atoms with Crippen molar-refractivity contribution in [2.75, 3.05) is 0 Å². The molecule has 4 rings (SSSR count). The molecule has 34 heavy (non-hydrogen) atoms. The zero-order valence-electron chi connectivity index (χ0n) is 17.8. The molecule has 11 nitrogen and oxygen atoms in total. The smallest absolute Gasteiger partial charge is 0.346 e. The van der Waals surface area contributed by atoms with Crippen molar-refractivity contribution in [3.05, 3.63) is 69.8 Å². The predicted molar refractivity (Wildman–Crippen MR) is 127 cm³/mol. The summed E-state index contributed by atoms with van der Waals surface area (Å²) in [5.74, 6) is -0.990. The summed E-state index contributed by atoms with van der Waals surface area (Å²) < 4.78 is 30.9. The Hall–Kier alpha value is -3.84. The van der Waals surface area contributed by atoms with Crippen LogP contribution in [0, 0.1) is 21.4 Å². The number of nitrogens with one attached hydrogen (secondary N) is 1. The lowest BCUT2D eigenvalue weighted by Crippen LogP contribution is -2.35. The molecule has 2 aromatic rings. The van der Waals surface area contributed by atoms with Gasteiger partial charge >= 0.3 is 10.1 Å². The van der Waals surface area contributed by atoms with Crippen LogP contribution in [0.15, 0.2) is 69.1 Å². The maximum absolute atomic E-state index is 12.8. The number of para-hydroxylation sites is 2. The first-order valence-corrected chi connectivity index (χ1v) is 12.1. The molecule has 0 radical (unpaired) electrons. The lowest BCUT2D eigenvalue weighted by molar-refractivity contribution is -0.387. The van der Waals surface area contributed by atoms with Crippen molar-refractivity contribution in [3.8, 4) is 5.75 Å². The van der Waals surface area contributed by atoms with Gasteiger partial charge in [0, 0.05) is 17.5 Å². The highest BCUT2D eigenvalue weighted by Crippen LogP contribution is 2.33. The van der Waals surface area contributed by atoms with Gasteiger partial charge in [-0.15, -0.1) is 0 Å². The maximum Gasteiger partial charge on any atom is 0.346 e. The summed E-state index contributed by atoms with van der Waals surface area (Å²) in [6, 6.07) is 10.7. The van der Waals surface area contributed by atoms with Crippen molar-refractivity contribution in [2.24, 2.45) is 16.0 Å². The molecule has 0 bridgehead atoms. The van der Waals surface area contributed by atoms with Crippen LogP contribution in [0.1, 0.15) is 19.4 Å². The van der Waals surface area contributed by atoms with E-state index >= 15 is 0 Å². The van der Waals surface area contributed by atoms with E-state index < -0.39 is 31.5 Å². The third-order valence-electron chi connectivity index (χ3n) is 4.71. The minimum Gasteiger partial charge on any atom is -0.378 e. The van der Waals surface area contributed by atoms with E-state index in [2.05, 4.69) is 10.1 Å². The highest BCUT2D eigenvalue weighted by molar-refractivity contribution is 8.27. The number of amidine groups is 2. The van der Waals surface area contributed by atoms with Crippen LogP contribution in [-0.2, 0) is 14.9 Å². The summed E-state index contributed by atoms with van der Waals surface area (Å²) >= 11 is 1.21. The van der Waals surface area contributed by atoms with Crippen LogP contribution < -0.4 is 4.18 Å². The Balaban J connectivity index is 1.71. The fourth-order valence-electron chi connectivity index (χ4n) is 3.05. The van der Waals surface area contributed by atoms with Crippen LogP contribution in [0.3, 0.4) is 0 Å². The molecule has 2 aromatic carbocycles. The van der Waals surface area contributed by atoms with Crippen LogP contribution in [-0.4, -0.2) is 40.3 Å². The minimum atomic E-state index is -4.58. The highest BCUT2D eigenvalue weighted by atomic mass is 32.2. The normalized spacial score (nSPS) is 17.0. The van der Waals surface area contributed by atoms with Crippen molar-refractivity contribution >= 4 is 55.6 Å². The average molecular weight is 500 g/mol. The van der Waals surface area contributed by atoms with Gasteiger partial charge in [0.15, 0.2) is 10.7 Å². The molecule has 0 fully saturated rings. The molecule has 0 saturated heterocycles. The monoisotopic (exact) mass is 499 g/mol. The molecule has 13 heteroatoms. The lowest BCUT2D eigenvalue weighted by atomic mass is 10.1. The van der Waals surface area contributed by atoms with Crippen LogP contribution >= 0.6 is 11.8 Å². The molecule has 0 spiro atoms. The zero-order valence-corrected chi connectivity index (χ0v) is 19.5. The van der Waals surface area contributed by atoms with Crippen LogP contribution in [0.4, 0.5) is 5.69 Å². The van der Waals surface area contributed by atoms with Gasteiger partial charge < -0.3 is 4.18 Å². The second-order valence-electron chi connectivity index (χ2n) is 7.41. The SMILES string of the molecule is CC(C)C1=NN2C(=N)/C(=C/c3ccccc3OS(=O)(=O)c3ccccc3[N+](=O)[O-])C(=O)N=C2S1. The van der Waals surface area contributed by atoms with Gasteiger partial charge in [-0.2, -0.15) is 23.5 Å². The van der Waals surface area contributed by atoms with Crippen molar-refractivity contribution in [3.63, 3.8) is 0 Å². The molecule has 0 saturated carbocycles. The Kier molecular flexibility index (Phi) is 6.06. The van der Waals surface area contributed by atoms with Crippen LogP contribution in [0.25, 0.3) is 6.08 Å². The number of carbonyl (C=O) groups excluding carboxylic acids is 1. The number of hydrazone groups is 1. The number of nitro groups is 1. The lowest BCUT2D eigenvalue weighted by Gasteiger charge is -2.20. The first-order valence-electron chi connectivity index (χ1n) is 9.85. The molecule has 0 unspecified atom stereocenters. The number of benzene rings is 2. The summed E-state index contributed by atoms with van der Waals surface area (Å²) in [7, 11) is -4.58. The molecule has 2 aliphatic heterocycles. The molecular formula is C21H17N5O6S2. The van der Waals surface area contributed by atoms with Gasteiger partial charge in [-0.1, -0.05) is 44.2 Å². The Labute approximate surface area is 198 Å². The number of thioether (sulfide) groups is 1. The molecule has 2 heterocycles. The van der Waals surface area contributed by atoms with Gasteiger partial charge in [-0.3, -0.25) is 20.3 Å². The van der Waals surface area contributed by atoms with Gasteiger partial charge in [0.2, 0.25) is 5.17 Å². The van der Waals surface area contributed by atoms with Gasteiger partial charge in [0.05, 0.1) is 10.5 Å². The first kappa shape index (κ1) is 23.3. The van der Waals surface area contributed by atoms with E-state index in [1.54, 1.807) is 6.07 Å². The average Bonchev–Trinajstić information content (AvgIpc) is 3.22. The molecule has 0 atom stereocenters. The standard InChI is InChI=1S/C21H17N5O6S2/c1-12(2)20-24-25-18(22)14(19(27)23-21(25)33-20)11-13-7-3-5-9-16(13)32-34(30,31)17-10-6-4-8-15(17)26(28)29/h3-12,22H,1-2H3/b14-11-,22-18?. The van der Waals surface area contributed by atoms with Crippen molar-refractivity contribution in [1.82, 2.24) is 5.01 Å². The topological polar surface area (TPSA) is 155 Å². The molecule has 0 aliphatic carbocycles. The fourth-order valence-corrected chi connectivity index (χ4v) is 5.07. The molecule has 2 aliphatic rings. The molecule has 1 amide bonds. The highest BCUT2D eigenvalue weighted by Gasteiger charge is 2.36. The van der Waals surface area contributed by atoms with E-state index in [0.29, 0.717) is 5.04 Å². The van der Waals surface area contributed by atoms with E-state index in [1.807, 2.05) is 13.8 Å². The van der Waals surface area contributed by atoms with Gasteiger partial charge in [0.1, 0.15) is 10.8 Å². The van der Waals surface area contributed by atoms with E-state index in [9.17, 15) is 23.3 Å². The number of rotatable bonds is 6. The third kappa shape index (κ3) is 4.34. The Morgan fingerprint density at radius 1 is 1.18 bits per heavy atom. The molecule has 0 aromatic heterocycles. The van der Waals surface area contributed by atoms with Gasteiger partial charge in [-0.25, -0.2) is 0 Å². The van der Waals surface area contributed by atoms with Gasteiger partial charge in [0.25, 0.3) is 11.6 Å². The number of hydrogen-bond acceptors (Lipinski definition) is 9.